The van der Waals surface area contributed by atoms with Crippen LogP contribution in [0.3, 0.4) is 0 Å². The van der Waals surface area contributed by atoms with Crippen molar-refractivity contribution in [1.82, 2.24) is 10.2 Å². The highest BCUT2D eigenvalue weighted by Gasteiger charge is 2.64. The maximum atomic E-state index is 13.4. The molecule has 2 aromatic carbocycles. The normalized spacial score (nSPS) is 31.3. The molecule has 0 aromatic heterocycles. The van der Waals surface area contributed by atoms with Crippen LogP contribution in [0.2, 0.25) is 0 Å². The zero-order valence-corrected chi connectivity index (χ0v) is 27.1. The third-order valence-corrected chi connectivity index (χ3v) is 11.7. The van der Waals surface area contributed by atoms with Gasteiger partial charge in [-0.2, -0.15) is 5.26 Å². The van der Waals surface area contributed by atoms with Crippen molar-refractivity contribution in [3.8, 4) is 17.6 Å². The molecule has 0 atom stereocenters. The first-order chi connectivity index (χ1) is 21.0. The molecule has 7 heteroatoms. The fourth-order valence-electron chi connectivity index (χ4n) is 9.35. The molecule has 0 radical (unpaired) electrons. The van der Waals surface area contributed by atoms with E-state index in [1.165, 1.54) is 44.1 Å². The molecule has 1 spiro atoms. The number of benzene rings is 2. The highest BCUT2D eigenvalue weighted by molar-refractivity contribution is 5.94. The van der Waals surface area contributed by atoms with Gasteiger partial charge < -0.3 is 24.8 Å². The largest absolute Gasteiger partial charge is 0.495 e. The molecular weight excluding hydrogens is 550 g/mol. The van der Waals surface area contributed by atoms with Gasteiger partial charge in [0.15, 0.2) is 0 Å². The number of hydrogen-bond acceptors (Lipinski definition) is 6. The number of amides is 1. The molecule has 1 aliphatic heterocycles. The number of nitrogens with one attached hydrogen (secondary N) is 1. The van der Waals surface area contributed by atoms with Gasteiger partial charge in [-0.3, -0.25) is 4.79 Å². The zero-order valence-electron chi connectivity index (χ0n) is 27.1. The van der Waals surface area contributed by atoms with E-state index in [1.54, 1.807) is 25.3 Å². The number of aliphatic hydroxyl groups is 1. The number of aliphatic hydroxyl groups excluding tert-OH is 1. The van der Waals surface area contributed by atoms with Crippen molar-refractivity contribution in [3.63, 3.8) is 0 Å². The van der Waals surface area contributed by atoms with Gasteiger partial charge >= 0.3 is 0 Å². The number of methoxy groups -OCH3 is 1. The third kappa shape index (κ3) is 5.61. The Kier molecular flexibility index (Phi) is 8.22. The molecule has 3 saturated carbocycles. The van der Waals surface area contributed by atoms with Crippen molar-refractivity contribution >= 4 is 5.91 Å². The molecule has 4 fully saturated rings. The summed E-state index contributed by atoms with van der Waals surface area (Å²) in [7, 11) is 1.55. The Morgan fingerprint density at radius 2 is 1.61 bits per heavy atom. The van der Waals surface area contributed by atoms with Crippen LogP contribution in [0.15, 0.2) is 42.5 Å². The molecule has 44 heavy (non-hydrogen) atoms. The lowest BCUT2D eigenvalue weighted by Gasteiger charge is -2.63. The Bertz CT molecular complexity index is 1370. The Morgan fingerprint density at radius 1 is 0.977 bits per heavy atom. The quantitative estimate of drug-likeness (QED) is 0.380. The molecule has 6 rings (SSSR count). The fourth-order valence-corrected chi connectivity index (χ4v) is 9.35. The molecule has 1 heterocycles. The number of ether oxygens (including phenoxy) is 2. The van der Waals surface area contributed by atoms with Gasteiger partial charge in [0.1, 0.15) is 23.7 Å². The van der Waals surface area contributed by atoms with Crippen LogP contribution < -0.4 is 14.8 Å². The second-order valence-electron chi connectivity index (χ2n) is 15.2. The van der Waals surface area contributed by atoms with E-state index >= 15 is 0 Å². The van der Waals surface area contributed by atoms with Gasteiger partial charge in [-0.1, -0.05) is 39.8 Å². The van der Waals surface area contributed by atoms with E-state index in [9.17, 15) is 15.2 Å². The molecule has 2 N–H and O–H groups in total. The third-order valence-electron chi connectivity index (χ3n) is 11.7. The van der Waals surface area contributed by atoms with Crippen molar-refractivity contribution in [2.75, 3.05) is 20.2 Å². The summed E-state index contributed by atoms with van der Waals surface area (Å²) in [6, 6.07) is 16.4. The molecule has 3 aliphatic carbocycles. The summed E-state index contributed by atoms with van der Waals surface area (Å²) in [5, 5.41) is 22.5. The number of piperidine rings is 1. The molecule has 0 unspecified atom stereocenters. The van der Waals surface area contributed by atoms with Crippen molar-refractivity contribution in [3.05, 3.63) is 59.2 Å². The van der Waals surface area contributed by atoms with Crippen LogP contribution in [0, 0.1) is 27.6 Å². The standard InChI is InChI=1S/C37H49N3O4/c1-35(2)33(36(3,4)34(35)44-30-11-10-26(23-38)31(20-30)43-5)39-32(42)25-8-6-24(7-9-25)27-21-37(22-27)16-12-28(13-17-37)40-18-14-29(41)15-19-40/h6-11,20,27-29,33-34,41H,12-19,21-22H2,1-5H3,(H,39,42). The lowest BCUT2D eigenvalue weighted by atomic mass is 9.49. The van der Waals surface area contributed by atoms with E-state index in [0.29, 0.717) is 40.0 Å². The summed E-state index contributed by atoms with van der Waals surface area (Å²) in [6.07, 6.45) is 9.40. The van der Waals surface area contributed by atoms with E-state index in [-0.39, 0.29) is 35.0 Å². The number of rotatable bonds is 7. The Hall–Kier alpha value is -3.08. The summed E-state index contributed by atoms with van der Waals surface area (Å²) in [4.78, 5) is 16.0. The van der Waals surface area contributed by atoms with Crippen LogP contribution in [-0.4, -0.2) is 60.4 Å². The minimum atomic E-state index is -0.297. The second kappa shape index (κ2) is 11.7. The van der Waals surface area contributed by atoms with Gasteiger partial charge in [0, 0.05) is 47.6 Å². The summed E-state index contributed by atoms with van der Waals surface area (Å²) in [6.45, 7) is 10.6. The van der Waals surface area contributed by atoms with E-state index < -0.39 is 0 Å². The maximum Gasteiger partial charge on any atom is 0.251 e. The van der Waals surface area contributed by atoms with Crippen molar-refractivity contribution in [2.24, 2.45) is 16.2 Å². The highest BCUT2D eigenvalue weighted by atomic mass is 16.5. The van der Waals surface area contributed by atoms with E-state index in [4.69, 9.17) is 9.47 Å². The highest BCUT2D eigenvalue weighted by Crippen LogP contribution is 2.59. The Morgan fingerprint density at radius 3 is 2.20 bits per heavy atom. The Balaban J connectivity index is 1.01. The minimum absolute atomic E-state index is 0.0465. The SMILES string of the molecule is COc1cc(OC2C(C)(C)C(NC(=O)c3ccc(C4CC5(CCC(N6CCC(O)CC6)CC5)C4)cc3)C2(C)C)ccc1C#N. The minimum Gasteiger partial charge on any atom is -0.495 e. The molecule has 1 amide bonds. The van der Waals surface area contributed by atoms with Gasteiger partial charge in [0.2, 0.25) is 0 Å². The predicted molar refractivity (Wildman–Crippen MR) is 171 cm³/mol. The second-order valence-corrected chi connectivity index (χ2v) is 15.2. The molecule has 1 saturated heterocycles. The summed E-state index contributed by atoms with van der Waals surface area (Å²) < 4.78 is 11.8. The van der Waals surface area contributed by atoms with Gasteiger partial charge in [0.25, 0.3) is 5.91 Å². The summed E-state index contributed by atoms with van der Waals surface area (Å²) in [5.41, 5.74) is 2.44. The molecule has 2 aromatic rings. The number of likely N-dealkylation sites (tertiary alicyclic amines) is 1. The van der Waals surface area contributed by atoms with Gasteiger partial charge in [-0.15, -0.1) is 0 Å². The lowest BCUT2D eigenvalue weighted by molar-refractivity contribution is -0.164. The average molecular weight is 600 g/mol. The number of carbonyl (C=O) groups excluding carboxylic acids is 1. The van der Waals surface area contributed by atoms with Crippen LogP contribution in [-0.2, 0) is 0 Å². The molecule has 236 valence electrons. The van der Waals surface area contributed by atoms with Crippen molar-refractivity contribution in [2.45, 2.75) is 109 Å². The topological polar surface area (TPSA) is 94.8 Å². The lowest BCUT2D eigenvalue weighted by Crippen LogP contribution is -2.74. The molecule has 0 bridgehead atoms. The first-order valence-electron chi connectivity index (χ1n) is 16.5. The van der Waals surface area contributed by atoms with E-state index in [2.05, 4.69) is 56.1 Å². The monoisotopic (exact) mass is 599 g/mol. The van der Waals surface area contributed by atoms with Gasteiger partial charge in [-0.05, 0) is 92.5 Å². The average Bonchev–Trinajstić information content (AvgIpc) is 3.01. The van der Waals surface area contributed by atoms with Crippen LogP contribution in [0.4, 0.5) is 0 Å². The molecule has 4 aliphatic rings. The van der Waals surface area contributed by atoms with Crippen molar-refractivity contribution in [1.29, 1.82) is 5.26 Å². The summed E-state index contributed by atoms with van der Waals surface area (Å²) >= 11 is 0. The molecule has 7 nitrogen and oxygen atoms in total. The van der Waals surface area contributed by atoms with Gasteiger partial charge in [-0.25, -0.2) is 0 Å². The van der Waals surface area contributed by atoms with Crippen LogP contribution >= 0.6 is 0 Å². The van der Waals surface area contributed by atoms with Crippen LogP contribution in [0.5, 0.6) is 11.5 Å². The number of hydrogen-bond donors (Lipinski definition) is 2. The fraction of sp³-hybridized carbons (Fsp3) is 0.622. The van der Waals surface area contributed by atoms with Crippen molar-refractivity contribution < 1.29 is 19.4 Å². The Labute approximate surface area is 262 Å². The van der Waals surface area contributed by atoms with Crippen LogP contribution in [0.1, 0.15) is 106 Å². The van der Waals surface area contributed by atoms with E-state index in [0.717, 1.165) is 25.9 Å². The van der Waals surface area contributed by atoms with Crippen LogP contribution in [0.25, 0.3) is 0 Å². The smallest absolute Gasteiger partial charge is 0.251 e. The number of nitrogens with zero attached hydrogens (tertiary/aromatic N) is 2. The number of carbonyl (C=O) groups is 1. The van der Waals surface area contributed by atoms with Gasteiger partial charge in [0.05, 0.1) is 18.8 Å². The first-order valence-corrected chi connectivity index (χ1v) is 16.5. The zero-order chi connectivity index (χ0) is 31.3. The predicted octanol–water partition coefficient (Wildman–Crippen LogP) is 6.44. The number of nitriles is 1. The first kappa shape index (κ1) is 30.9. The molecular formula is C37H49N3O4. The van der Waals surface area contributed by atoms with E-state index in [1.807, 2.05) is 12.1 Å². The maximum absolute atomic E-state index is 13.4. The summed E-state index contributed by atoms with van der Waals surface area (Å²) in [5.74, 6) is 1.69.